The largest absolute Gasteiger partial charge is 0.327 e. The van der Waals surface area contributed by atoms with E-state index in [1.807, 2.05) is 6.07 Å². The molecule has 2 N–H and O–H groups in total. The highest BCUT2D eigenvalue weighted by molar-refractivity contribution is 7.11. The molecule has 0 saturated heterocycles. The van der Waals surface area contributed by atoms with Crippen molar-refractivity contribution in [1.29, 1.82) is 0 Å². The second-order valence-corrected chi connectivity index (χ2v) is 5.73. The van der Waals surface area contributed by atoms with Gasteiger partial charge in [-0.1, -0.05) is 25.1 Å². The molecule has 0 saturated carbocycles. The summed E-state index contributed by atoms with van der Waals surface area (Å²) in [7, 11) is 0. The minimum absolute atomic E-state index is 0.0229. The van der Waals surface area contributed by atoms with Crippen LogP contribution in [0, 0.1) is 5.82 Å². The molecule has 1 unspecified atom stereocenters. The van der Waals surface area contributed by atoms with Crippen LogP contribution < -0.4 is 5.73 Å². The first-order valence-electron chi connectivity index (χ1n) is 6.25. The van der Waals surface area contributed by atoms with Gasteiger partial charge in [-0.2, -0.15) is 0 Å². The third-order valence-corrected chi connectivity index (χ3v) is 4.22. The molecule has 0 aliphatic heterocycles. The number of halogens is 1. The third kappa shape index (κ3) is 3.40. The van der Waals surface area contributed by atoms with Gasteiger partial charge in [-0.15, -0.1) is 11.3 Å². The molecule has 0 amide bonds. The van der Waals surface area contributed by atoms with Gasteiger partial charge in [-0.3, -0.25) is 0 Å². The topological polar surface area (TPSA) is 26.0 Å². The molecular weight excluding hydrogens is 245 g/mol. The quantitative estimate of drug-likeness (QED) is 0.877. The van der Waals surface area contributed by atoms with Gasteiger partial charge in [0.2, 0.25) is 0 Å². The molecule has 1 aromatic heterocycles. The third-order valence-electron chi connectivity index (χ3n) is 2.97. The van der Waals surface area contributed by atoms with Gasteiger partial charge < -0.3 is 5.73 Å². The summed E-state index contributed by atoms with van der Waals surface area (Å²) in [4.78, 5) is 2.67. The first-order chi connectivity index (χ1) is 8.69. The smallest absolute Gasteiger partial charge is 0.126 e. The number of aryl methyl sites for hydroxylation is 1. The number of rotatable bonds is 5. The Kier molecular flexibility index (Phi) is 4.50. The van der Waals surface area contributed by atoms with Crippen LogP contribution in [0.15, 0.2) is 36.4 Å². The summed E-state index contributed by atoms with van der Waals surface area (Å²) in [5.41, 5.74) is 6.80. The van der Waals surface area contributed by atoms with Crippen molar-refractivity contribution in [3.8, 4) is 0 Å². The van der Waals surface area contributed by atoms with E-state index in [0.29, 0.717) is 12.0 Å². The van der Waals surface area contributed by atoms with Gasteiger partial charge in [0.25, 0.3) is 0 Å². The van der Waals surface area contributed by atoms with Crippen LogP contribution in [-0.4, -0.2) is 6.04 Å². The van der Waals surface area contributed by atoms with Crippen molar-refractivity contribution in [2.75, 3.05) is 0 Å². The second-order valence-electron chi connectivity index (χ2n) is 4.48. The molecule has 18 heavy (non-hydrogen) atoms. The van der Waals surface area contributed by atoms with E-state index in [1.54, 1.807) is 23.5 Å². The standard InChI is InChI=1S/C15H18FNS/c1-2-13-7-8-14(18-13)10-12(17)9-11-5-3-4-6-15(11)16/h3-8,12H,2,9-10,17H2,1H3. The zero-order valence-corrected chi connectivity index (χ0v) is 11.3. The van der Waals surface area contributed by atoms with E-state index >= 15 is 0 Å². The summed E-state index contributed by atoms with van der Waals surface area (Å²) in [5.74, 6) is -0.159. The van der Waals surface area contributed by atoms with Crippen LogP contribution >= 0.6 is 11.3 Å². The van der Waals surface area contributed by atoms with Crippen LogP contribution in [0.2, 0.25) is 0 Å². The van der Waals surface area contributed by atoms with E-state index in [9.17, 15) is 4.39 Å². The Balaban J connectivity index is 1.96. The van der Waals surface area contributed by atoms with E-state index in [-0.39, 0.29) is 11.9 Å². The fraction of sp³-hybridized carbons (Fsp3) is 0.333. The number of nitrogens with two attached hydrogens (primary N) is 1. The van der Waals surface area contributed by atoms with E-state index in [2.05, 4.69) is 19.1 Å². The van der Waals surface area contributed by atoms with Crippen LogP contribution in [0.5, 0.6) is 0 Å². The maximum absolute atomic E-state index is 13.5. The zero-order chi connectivity index (χ0) is 13.0. The van der Waals surface area contributed by atoms with Crippen molar-refractivity contribution in [2.45, 2.75) is 32.2 Å². The van der Waals surface area contributed by atoms with E-state index in [1.165, 1.54) is 15.8 Å². The predicted octanol–water partition coefficient (Wildman–Crippen LogP) is 3.56. The summed E-state index contributed by atoms with van der Waals surface area (Å²) in [5, 5.41) is 0. The lowest BCUT2D eigenvalue weighted by molar-refractivity contribution is 0.585. The molecule has 0 aliphatic carbocycles. The summed E-state index contributed by atoms with van der Waals surface area (Å²) >= 11 is 1.80. The maximum atomic E-state index is 13.5. The Morgan fingerprint density at radius 2 is 1.83 bits per heavy atom. The average molecular weight is 263 g/mol. The Morgan fingerprint density at radius 1 is 1.11 bits per heavy atom. The van der Waals surface area contributed by atoms with Crippen molar-refractivity contribution in [3.63, 3.8) is 0 Å². The van der Waals surface area contributed by atoms with Crippen LogP contribution in [-0.2, 0) is 19.3 Å². The monoisotopic (exact) mass is 263 g/mol. The first-order valence-corrected chi connectivity index (χ1v) is 7.07. The SMILES string of the molecule is CCc1ccc(CC(N)Cc2ccccc2F)s1. The molecule has 1 atom stereocenters. The second kappa shape index (κ2) is 6.12. The molecule has 2 rings (SSSR count). The fourth-order valence-electron chi connectivity index (χ4n) is 2.00. The molecule has 1 aromatic carbocycles. The average Bonchev–Trinajstić information content (AvgIpc) is 2.80. The minimum atomic E-state index is -0.159. The van der Waals surface area contributed by atoms with Gasteiger partial charge in [0.1, 0.15) is 5.82 Å². The van der Waals surface area contributed by atoms with Crippen molar-refractivity contribution in [3.05, 3.63) is 57.5 Å². The highest BCUT2D eigenvalue weighted by Crippen LogP contribution is 2.19. The molecule has 0 fully saturated rings. The van der Waals surface area contributed by atoms with E-state index < -0.39 is 0 Å². The summed E-state index contributed by atoms with van der Waals surface area (Å²) in [6.45, 7) is 2.15. The van der Waals surface area contributed by atoms with Crippen LogP contribution in [0.1, 0.15) is 22.2 Å². The molecule has 0 spiro atoms. The molecule has 2 aromatic rings. The van der Waals surface area contributed by atoms with Crippen molar-refractivity contribution in [1.82, 2.24) is 0 Å². The summed E-state index contributed by atoms with van der Waals surface area (Å²) in [6, 6.07) is 11.1. The Bertz CT molecular complexity index is 507. The fourth-order valence-corrected chi connectivity index (χ4v) is 3.05. The number of hydrogen-bond acceptors (Lipinski definition) is 2. The normalized spacial score (nSPS) is 12.6. The molecule has 3 heteroatoms. The van der Waals surface area contributed by atoms with Crippen molar-refractivity contribution in [2.24, 2.45) is 5.73 Å². The lowest BCUT2D eigenvalue weighted by Crippen LogP contribution is -2.25. The molecule has 0 aliphatic rings. The molecule has 0 bridgehead atoms. The minimum Gasteiger partial charge on any atom is -0.327 e. The van der Waals surface area contributed by atoms with E-state index in [4.69, 9.17) is 5.73 Å². The van der Waals surface area contributed by atoms with Gasteiger partial charge in [0.05, 0.1) is 0 Å². The lowest BCUT2D eigenvalue weighted by Gasteiger charge is -2.11. The van der Waals surface area contributed by atoms with E-state index in [0.717, 1.165) is 12.8 Å². The van der Waals surface area contributed by atoms with Crippen LogP contribution in [0.3, 0.4) is 0 Å². The summed E-state index contributed by atoms with van der Waals surface area (Å²) < 4.78 is 13.5. The number of thiophene rings is 1. The van der Waals surface area contributed by atoms with Gasteiger partial charge >= 0.3 is 0 Å². The zero-order valence-electron chi connectivity index (χ0n) is 10.5. The van der Waals surface area contributed by atoms with Crippen LogP contribution in [0.25, 0.3) is 0 Å². The highest BCUT2D eigenvalue weighted by atomic mass is 32.1. The predicted molar refractivity (Wildman–Crippen MR) is 75.5 cm³/mol. The Labute approximate surface area is 111 Å². The van der Waals surface area contributed by atoms with Crippen molar-refractivity contribution < 1.29 is 4.39 Å². The first kappa shape index (κ1) is 13.2. The van der Waals surface area contributed by atoms with Gasteiger partial charge in [-0.05, 0) is 43.0 Å². The number of hydrogen-bond donors (Lipinski definition) is 1. The molecule has 0 radical (unpaired) electrons. The Morgan fingerprint density at radius 3 is 2.50 bits per heavy atom. The maximum Gasteiger partial charge on any atom is 0.126 e. The summed E-state index contributed by atoms with van der Waals surface area (Å²) in [6.07, 6.45) is 2.47. The molecule has 1 heterocycles. The van der Waals surface area contributed by atoms with Crippen LogP contribution in [0.4, 0.5) is 4.39 Å². The van der Waals surface area contributed by atoms with Gasteiger partial charge in [-0.25, -0.2) is 4.39 Å². The molecule has 1 nitrogen and oxygen atoms in total. The molecular formula is C15H18FNS. The molecule has 96 valence electrons. The number of benzene rings is 1. The highest BCUT2D eigenvalue weighted by Gasteiger charge is 2.10. The Hall–Kier alpha value is -1.19. The van der Waals surface area contributed by atoms with Gasteiger partial charge in [0.15, 0.2) is 0 Å². The lowest BCUT2D eigenvalue weighted by atomic mass is 10.0. The van der Waals surface area contributed by atoms with Gasteiger partial charge in [0, 0.05) is 15.8 Å². The van der Waals surface area contributed by atoms with Crippen molar-refractivity contribution >= 4 is 11.3 Å².